The number of nitrogens with zero attached hydrogens (tertiary/aromatic N) is 1. The normalized spacial score (nSPS) is 23.1. The maximum atomic E-state index is 12.1. The molecule has 1 aromatic carbocycles. The second-order valence-corrected chi connectivity index (χ2v) is 7.96. The van der Waals surface area contributed by atoms with Gasteiger partial charge in [-0.25, -0.2) is 0 Å². The summed E-state index contributed by atoms with van der Waals surface area (Å²) >= 11 is 0. The van der Waals surface area contributed by atoms with E-state index >= 15 is 0 Å². The fourth-order valence-electron chi connectivity index (χ4n) is 4.29. The second-order valence-electron chi connectivity index (χ2n) is 7.96. The maximum Gasteiger partial charge on any atom is 0.306 e. The van der Waals surface area contributed by atoms with E-state index in [9.17, 15) is 14.4 Å². The van der Waals surface area contributed by atoms with Gasteiger partial charge < -0.3 is 15.0 Å². The molecular weight excluding hydrogens is 344 g/mol. The summed E-state index contributed by atoms with van der Waals surface area (Å²) in [4.78, 5) is 37.4. The molecule has 0 saturated heterocycles. The molecular formula is C21H28N2O4. The Bertz CT molecular complexity index is 701. The Balaban J connectivity index is 1.36. The molecule has 146 valence electrons. The molecule has 3 atom stereocenters. The van der Waals surface area contributed by atoms with Gasteiger partial charge in [-0.3, -0.25) is 14.4 Å². The summed E-state index contributed by atoms with van der Waals surface area (Å²) in [6, 6.07) is 7.43. The van der Waals surface area contributed by atoms with Gasteiger partial charge in [-0.15, -0.1) is 0 Å². The number of aryl methyl sites for hydroxylation is 1. The van der Waals surface area contributed by atoms with Crippen LogP contribution in [0, 0.1) is 24.7 Å². The van der Waals surface area contributed by atoms with Gasteiger partial charge >= 0.3 is 5.97 Å². The van der Waals surface area contributed by atoms with Crippen LogP contribution >= 0.6 is 0 Å². The first-order valence-electron chi connectivity index (χ1n) is 9.67. The number of carbonyl (C=O) groups is 3. The van der Waals surface area contributed by atoms with Crippen molar-refractivity contribution in [2.24, 2.45) is 17.8 Å². The first kappa shape index (κ1) is 19.4. The van der Waals surface area contributed by atoms with Gasteiger partial charge in [0.1, 0.15) is 0 Å². The summed E-state index contributed by atoms with van der Waals surface area (Å²) < 4.78 is 5.15. The number of rotatable bonds is 7. The van der Waals surface area contributed by atoms with Crippen molar-refractivity contribution < 1.29 is 19.1 Å². The summed E-state index contributed by atoms with van der Waals surface area (Å²) in [6.45, 7) is 1.57. The van der Waals surface area contributed by atoms with Gasteiger partial charge in [0.15, 0.2) is 6.61 Å². The topological polar surface area (TPSA) is 75.7 Å². The van der Waals surface area contributed by atoms with Crippen LogP contribution in [0.2, 0.25) is 0 Å². The van der Waals surface area contributed by atoms with Crippen LogP contribution in [-0.4, -0.2) is 42.9 Å². The lowest BCUT2D eigenvalue weighted by Crippen LogP contribution is -2.37. The van der Waals surface area contributed by atoms with Gasteiger partial charge in [-0.2, -0.15) is 0 Å². The van der Waals surface area contributed by atoms with E-state index in [1.807, 2.05) is 31.2 Å². The van der Waals surface area contributed by atoms with Crippen molar-refractivity contribution in [1.29, 1.82) is 0 Å². The van der Waals surface area contributed by atoms with E-state index < -0.39 is 0 Å². The molecule has 0 spiro atoms. The smallest absolute Gasteiger partial charge is 0.306 e. The fourth-order valence-corrected chi connectivity index (χ4v) is 4.29. The average Bonchev–Trinajstić information content (AvgIpc) is 3.24. The van der Waals surface area contributed by atoms with Crippen LogP contribution < -0.4 is 5.32 Å². The fraction of sp³-hybridized carbons (Fsp3) is 0.571. The van der Waals surface area contributed by atoms with E-state index in [0.717, 1.165) is 17.9 Å². The number of anilines is 1. The summed E-state index contributed by atoms with van der Waals surface area (Å²) in [7, 11) is 1.53. The summed E-state index contributed by atoms with van der Waals surface area (Å²) in [5.74, 6) is 0.889. The van der Waals surface area contributed by atoms with Crippen molar-refractivity contribution in [2.75, 3.05) is 25.5 Å². The lowest BCUT2D eigenvalue weighted by atomic mass is 9.86. The molecule has 6 heteroatoms. The molecule has 2 fully saturated rings. The zero-order chi connectivity index (χ0) is 19.4. The zero-order valence-electron chi connectivity index (χ0n) is 16.1. The van der Waals surface area contributed by atoms with Crippen LogP contribution in [0.1, 0.15) is 37.7 Å². The molecule has 1 aromatic rings. The number of ether oxygens (including phenoxy) is 1. The lowest BCUT2D eigenvalue weighted by Gasteiger charge is -2.21. The van der Waals surface area contributed by atoms with Crippen LogP contribution in [-0.2, 0) is 19.1 Å². The van der Waals surface area contributed by atoms with Crippen LogP contribution in [0.3, 0.4) is 0 Å². The van der Waals surface area contributed by atoms with E-state index in [4.69, 9.17) is 4.74 Å². The molecule has 0 heterocycles. The predicted octanol–water partition coefficient (Wildman–Crippen LogP) is 2.76. The predicted molar refractivity (Wildman–Crippen MR) is 102 cm³/mol. The molecule has 0 unspecified atom stereocenters. The van der Waals surface area contributed by atoms with Gasteiger partial charge in [0, 0.05) is 19.2 Å². The SMILES string of the molecule is Cc1ccc(NC(=O)CN(C)C(=O)COC(=O)C[C@H]2C[C@H]3CC[C@@H]2C3)cc1. The highest BCUT2D eigenvalue weighted by molar-refractivity contribution is 5.94. The minimum atomic E-state index is -0.379. The summed E-state index contributed by atoms with van der Waals surface area (Å²) in [5.41, 5.74) is 1.79. The molecule has 0 aromatic heterocycles. The van der Waals surface area contributed by atoms with E-state index in [1.165, 1.54) is 31.2 Å². The molecule has 1 N–H and O–H groups in total. The molecule has 6 nitrogen and oxygen atoms in total. The molecule has 2 amide bonds. The van der Waals surface area contributed by atoms with Gasteiger partial charge in [0.25, 0.3) is 5.91 Å². The van der Waals surface area contributed by atoms with Crippen LogP contribution in [0.15, 0.2) is 24.3 Å². The minimum Gasteiger partial charge on any atom is -0.456 e. The van der Waals surface area contributed by atoms with E-state index in [2.05, 4.69) is 5.32 Å². The zero-order valence-corrected chi connectivity index (χ0v) is 16.1. The van der Waals surface area contributed by atoms with Crippen molar-refractivity contribution in [3.63, 3.8) is 0 Å². The number of likely N-dealkylation sites (N-methyl/N-ethyl adjacent to an activating group) is 1. The number of benzene rings is 1. The average molecular weight is 372 g/mol. The highest BCUT2D eigenvalue weighted by Gasteiger charge is 2.40. The molecule has 2 aliphatic carbocycles. The third-order valence-electron chi connectivity index (χ3n) is 5.81. The Kier molecular flexibility index (Phi) is 6.14. The first-order valence-corrected chi connectivity index (χ1v) is 9.67. The number of hydrogen-bond acceptors (Lipinski definition) is 4. The largest absolute Gasteiger partial charge is 0.456 e. The van der Waals surface area contributed by atoms with Gasteiger partial charge in [0.05, 0.1) is 6.54 Å². The molecule has 2 aliphatic rings. The highest BCUT2D eigenvalue weighted by Crippen LogP contribution is 2.49. The van der Waals surface area contributed by atoms with E-state index in [-0.39, 0.29) is 30.9 Å². The van der Waals surface area contributed by atoms with Crippen LogP contribution in [0.5, 0.6) is 0 Å². The Morgan fingerprint density at radius 3 is 2.52 bits per heavy atom. The second kappa shape index (κ2) is 8.55. The van der Waals surface area contributed by atoms with Crippen molar-refractivity contribution in [2.45, 2.75) is 39.0 Å². The summed E-state index contributed by atoms with van der Waals surface area (Å²) in [5, 5.41) is 2.74. The third kappa shape index (κ3) is 5.31. The van der Waals surface area contributed by atoms with E-state index in [0.29, 0.717) is 23.9 Å². The third-order valence-corrected chi connectivity index (χ3v) is 5.81. The summed E-state index contributed by atoms with van der Waals surface area (Å²) in [6.07, 6.45) is 5.29. The highest BCUT2D eigenvalue weighted by atomic mass is 16.5. The quantitative estimate of drug-likeness (QED) is 0.747. The lowest BCUT2D eigenvalue weighted by molar-refractivity contribution is -0.152. The number of nitrogens with one attached hydrogen (secondary N) is 1. The number of esters is 1. The Labute approximate surface area is 160 Å². The number of fused-ring (bicyclic) bond motifs is 2. The van der Waals surface area contributed by atoms with Crippen molar-refractivity contribution in [1.82, 2.24) is 4.90 Å². The van der Waals surface area contributed by atoms with Crippen LogP contribution in [0.25, 0.3) is 0 Å². The number of amides is 2. The van der Waals surface area contributed by atoms with Gasteiger partial charge in [-0.05, 0) is 56.1 Å². The molecule has 0 radical (unpaired) electrons. The van der Waals surface area contributed by atoms with Crippen molar-refractivity contribution >= 4 is 23.5 Å². The van der Waals surface area contributed by atoms with E-state index in [1.54, 1.807) is 0 Å². The Hall–Kier alpha value is -2.37. The first-order chi connectivity index (χ1) is 12.9. The molecule has 2 bridgehead atoms. The van der Waals surface area contributed by atoms with Gasteiger partial charge in [0.2, 0.25) is 5.91 Å². The van der Waals surface area contributed by atoms with Crippen molar-refractivity contribution in [3.05, 3.63) is 29.8 Å². The molecule has 3 rings (SSSR count). The number of carbonyl (C=O) groups excluding carboxylic acids is 3. The Morgan fingerprint density at radius 2 is 1.89 bits per heavy atom. The molecule has 0 aliphatic heterocycles. The maximum absolute atomic E-state index is 12.1. The number of hydrogen-bond donors (Lipinski definition) is 1. The monoisotopic (exact) mass is 372 g/mol. The van der Waals surface area contributed by atoms with Gasteiger partial charge in [-0.1, -0.05) is 24.1 Å². The standard InChI is InChI=1S/C21H28N2O4/c1-14-3-7-18(8-4-14)22-19(24)12-23(2)20(25)13-27-21(26)11-17-10-15-5-6-16(17)9-15/h3-4,7-8,15-17H,5-6,9-13H2,1-2H3,(H,22,24)/t15-,16+,17+/m0/s1. The molecule has 2 saturated carbocycles. The molecule has 27 heavy (non-hydrogen) atoms. The van der Waals surface area contributed by atoms with Crippen molar-refractivity contribution in [3.8, 4) is 0 Å². The van der Waals surface area contributed by atoms with Crippen LogP contribution in [0.4, 0.5) is 5.69 Å². The Morgan fingerprint density at radius 1 is 1.15 bits per heavy atom. The minimum absolute atomic E-state index is 0.0867.